The summed E-state index contributed by atoms with van der Waals surface area (Å²) in [4.78, 5) is 13.8. The van der Waals surface area contributed by atoms with Gasteiger partial charge in [0.05, 0.1) is 6.42 Å². The molecule has 0 spiro atoms. The van der Waals surface area contributed by atoms with Gasteiger partial charge in [-0.15, -0.1) is 0 Å². The Morgan fingerprint density at radius 2 is 2.38 bits per heavy atom. The quantitative estimate of drug-likeness (QED) is 0.895. The van der Waals surface area contributed by atoms with Crippen LogP contribution in [0.2, 0.25) is 0 Å². The lowest BCUT2D eigenvalue weighted by atomic mass is 10.1. The van der Waals surface area contributed by atoms with Crippen LogP contribution in [-0.4, -0.2) is 29.9 Å². The van der Waals surface area contributed by atoms with Gasteiger partial charge in [-0.05, 0) is 24.1 Å². The summed E-state index contributed by atoms with van der Waals surface area (Å²) in [5, 5.41) is 0. The Morgan fingerprint density at radius 3 is 3.00 bits per heavy atom. The van der Waals surface area contributed by atoms with Crippen molar-refractivity contribution in [1.29, 1.82) is 0 Å². The smallest absolute Gasteiger partial charge is 0.227 e. The lowest BCUT2D eigenvalue weighted by Crippen LogP contribution is -2.32. The number of carbonyl (C=O) groups is 1. The van der Waals surface area contributed by atoms with E-state index in [1.165, 1.54) is 0 Å². The molecule has 1 fully saturated rings. The first-order valence-electron chi connectivity index (χ1n) is 5.43. The van der Waals surface area contributed by atoms with Gasteiger partial charge in [0.1, 0.15) is 0 Å². The van der Waals surface area contributed by atoms with Gasteiger partial charge in [-0.1, -0.05) is 28.1 Å². The normalized spacial score (nSPS) is 20.1. The fourth-order valence-corrected chi connectivity index (χ4v) is 2.39. The minimum absolute atomic E-state index is 0.159. The first-order chi connectivity index (χ1) is 7.65. The summed E-state index contributed by atoms with van der Waals surface area (Å²) >= 11 is 3.40. The largest absolute Gasteiger partial charge is 0.341 e. The molecule has 0 aromatic heterocycles. The molecule has 1 saturated heterocycles. The summed E-state index contributed by atoms with van der Waals surface area (Å²) in [6.07, 6.45) is 1.39. The summed E-state index contributed by atoms with van der Waals surface area (Å²) in [6.45, 7) is 1.50. The average Bonchev–Trinajstić information content (AvgIpc) is 2.65. The van der Waals surface area contributed by atoms with Crippen molar-refractivity contribution in [3.8, 4) is 0 Å². The zero-order valence-electron chi connectivity index (χ0n) is 9.03. The predicted molar refractivity (Wildman–Crippen MR) is 67.0 cm³/mol. The Balaban J connectivity index is 1.97. The van der Waals surface area contributed by atoms with E-state index in [4.69, 9.17) is 5.73 Å². The number of likely N-dealkylation sites (tertiary alicyclic amines) is 1. The van der Waals surface area contributed by atoms with Crippen molar-refractivity contribution in [2.75, 3.05) is 13.1 Å². The number of nitrogens with zero attached hydrogens (tertiary/aromatic N) is 1. The molecule has 1 aromatic carbocycles. The number of benzene rings is 1. The maximum Gasteiger partial charge on any atom is 0.227 e. The Bertz CT molecular complexity index is 394. The maximum absolute atomic E-state index is 11.9. The zero-order valence-corrected chi connectivity index (χ0v) is 10.6. The molecule has 86 valence electrons. The SMILES string of the molecule is NC1CCN(C(=O)Cc2cccc(Br)c2)C1. The van der Waals surface area contributed by atoms with Gasteiger partial charge >= 0.3 is 0 Å². The number of rotatable bonds is 2. The molecular formula is C12H15BrN2O. The standard InChI is InChI=1S/C12H15BrN2O/c13-10-3-1-2-9(6-10)7-12(16)15-5-4-11(14)8-15/h1-3,6,11H,4-5,7-8,14H2. The lowest BCUT2D eigenvalue weighted by Gasteiger charge is -2.15. The minimum Gasteiger partial charge on any atom is -0.341 e. The van der Waals surface area contributed by atoms with Gasteiger partial charge in [-0.25, -0.2) is 0 Å². The third kappa shape index (κ3) is 2.83. The number of amides is 1. The molecule has 3 nitrogen and oxygen atoms in total. The monoisotopic (exact) mass is 282 g/mol. The van der Waals surface area contributed by atoms with Gasteiger partial charge < -0.3 is 10.6 Å². The van der Waals surface area contributed by atoms with E-state index >= 15 is 0 Å². The van der Waals surface area contributed by atoms with Crippen molar-refractivity contribution in [2.45, 2.75) is 18.9 Å². The minimum atomic E-state index is 0.159. The third-order valence-corrected chi connectivity index (χ3v) is 3.32. The number of hydrogen-bond donors (Lipinski definition) is 1. The van der Waals surface area contributed by atoms with Crippen molar-refractivity contribution in [2.24, 2.45) is 5.73 Å². The van der Waals surface area contributed by atoms with Crippen molar-refractivity contribution in [1.82, 2.24) is 4.90 Å². The molecular weight excluding hydrogens is 268 g/mol. The highest BCUT2D eigenvalue weighted by Gasteiger charge is 2.23. The van der Waals surface area contributed by atoms with E-state index in [0.29, 0.717) is 13.0 Å². The van der Waals surface area contributed by atoms with E-state index in [1.807, 2.05) is 29.2 Å². The van der Waals surface area contributed by atoms with Crippen LogP contribution in [0, 0.1) is 0 Å². The average molecular weight is 283 g/mol. The Kier molecular flexibility index (Phi) is 3.61. The first-order valence-corrected chi connectivity index (χ1v) is 6.22. The summed E-state index contributed by atoms with van der Waals surface area (Å²) in [5.41, 5.74) is 6.82. The highest BCUT2D eigenvalue weighted by molar-refractivity contribution is 9.10. The highest BCUT2D eigenvalue weighted by atomic mass is 79.9. The molecule has 2 rings (SSSR count). The van der Waals surface area contributed by atoms with Crippen molar-refractivity contribution in [3.05, 3.63) is 34.3 Å². The second kappa shape index (κ2) is 4.97. The van der Waals surface area contributed by atoms with Crippen molar-refractivity contribution < 1.29 is 4.79 Å². The molecule has 1 unspecified atom stereocenters. The van der Waals surface area contributed by atoms with Crippen LogP contribution in [0.1, 0.15) is 12.0 Å². The van der Waals surface area contributed by atoms with Gasteiger partial charge in [0.25, 0.3) is 0 Å². The predicted octanol–water partition coefficient (Wildman–Crippen LogP) is 1.55. The van der Waals surface area contributed by atoms with Crippen LogP contribution in [0.4, 0.5) is 0 Å². The molecule has 4 heteroatoms. The zero-order chi connectivity index (χ0) is 11.5. The molecule has 0 radical (unpaired) electrons. The Morgan fingerprint density at radius 1 is 1.56 bits per heavy atom. The van der Waals surface area contributed by atoms with Gasteiger partial charge in [-0.2, -0.15) is 0 Å². The summed E-state index contributed by atoms with van der Waals surface area (Å²) in [7, 11) is 0. The molecule has 0 saturated carbocycles. The van der Waals surface area contributed by atoms with Crippen LogP contribution >= 0.6 is 15.9 Å². The molecule has 0 bridgehead atoms. The van der Waals surface area contributed by atoms with Crippen LogP contribution in [0.3, 0.4) is 0 Å². The van der Waals surface area contributed by atoms with Gasteiger partial charge in [0, 0.05) is 23.6 Å². The van der Waals surface area contributed by atoms with Crippen LogP contribution in [0.15, 0.2) is 28.7 Å². The van der Waals surface area contributed by atoms with E-state index in [9.17, 15) is 4.79 Å². The molecule has 1 atom stereocenters. The third-order valence-electron chi connectivity index (χ3n) is 2.82. The molecule has 0 aliphatic carbocycles. The summed E-state index contributed by atoms with van der Waals surface area (Å²) in [6, 6.07) is 8.01. The number of halogens is 1. The summed E-state index contributed by atoms with van der Waals surface area (Å²) in [5.74, 6) is 0.172. The molecule has 1 aromatic rings. The number of carbonyl (C=O) groups excluding carboxylic acids is 1. The van der Waals surface area contributed by atoms with Crippen molar-refractivity contribution >= 4 is 21.8 Å². The van der Waals surface area contributed by atoms with E-state index < -0.39 is 0 Å². The fourth-order valence-electron chi connectivity index (χ4n) is 1.95. The van der Waals surface area contributed by atoms with Crippen LogP contribution in [0.5, 0.6) is 0 Å². The molecule has 1 aliphatic heterocycles. The Labute approximate surface area is 104 Å². The van der Waals surface area contributed by atoms with Gasteiger partial charge in [0.2, 0.25) is 5.91 Å². The second-order valence-electron chi connectivity index (χ2n) is 4.20. The van der Waals surface area contributed by atoms with Gasteiger partial charge in [-0.3, -0.25) is 4.79 Å². The van der Waals surface area contributed by atoms with Crippen molar-refractivity contribution in [3.63, 3.8) is 0 Å². The van der Waals surface area contributed by atoms with Gasteiger partial charge in [0.15, 0.2) is 0 Å². The Hall–Kier alpha value is -0.870. The molecule has 1 heterocycles. The van der Waals surface area contributed by atoms with E-state index in [0.717, 1.165) is 23.0 Å². The topological polar surface area (TPSA) is 46.3 Å². The van der Waals surface area contributed by atoms with Crippen LogP contribution in [-0.2, 0) is 11.2 Å². The van der Waals surface area contributed by atoms with E-state index in [1.54, 1.807) is 0 Å². The first kappa shape index (κ1) is 11.6. The van der Waals surface area contributed by atoms with E-state index in [2.05, 4.69) is 15.9 Å². The lowest BCUT2D eigenvalue weighted by molar-refractivity contribution is -0.129. The molecule has 1 aliphatic rings. The highest BCUT2D eigenvalue weighted by Crippen LogP contribution is 2.14. The maximum atomic E-state index is 11.9. The molecule has 1 amide bonds. The van der Waals surface area contributed by atoms with Crippen LogP contribution < -0.4 is 5.73 Å². The number of hydrogen-bond acceptors (Lipinski definition) is 2. The fraction of sp³-hybridized carbons (Fsp3) is 0.417. The second-order valence-corrected chi connectivity index (χ2v) is 5.11. The summed E-state index contributed by atoms with van der Waals surface area (Å²) < 4.78 is 1.01. The number of nitrogens with two attached hydrogens (primary N) is 1. The molecule has 2 N–H and O–H groups in total. The van der Waals surface area contributed by atoms with E-state index in [-0.39, 0.29) is 11.9 Å². The van der Waals surface area contributed by atoms with Crippen LogP contribution in [0.25, 0.3) is 0 Å². The molecule has 16 heavy (non-hydrogen) atoms.